The van der Waals surface area contributed by atoms with Crippen LogP contribution in [0.4, 0.5) is 0 Å². The Hall–Kier alpha value is -1.50. The van der Waals surface area contributed by atoms with Gasteiger partial charge in [-0.05, 0) is 49.2 Å². The lowest BCUT2D eigenvalue weighted by molar-refractivity contribution is -0.676. The van der Waals surface area contributed by atoms with Gasteiger partial charge >= 0.3 is 0 Å². The van der Waals surface area contributed by atoms with E-state index in [4.69, 9.17) is 4.55 Å². The first-order chi connectivity index (χ1) is 12.4. The summed E-state index contributed by atoms with van der Waals surface area (Å²) in [7, 11) is -6.52. The molecule has 0 saturated heterocycles. The molecule has 2 aromatic carbocycles. The van der Waals surface area contributed by atoms with Crippen molar-refractivity contribution in [3.05, 3.63) is 48.0 Å². The number of aromatic nitrogens is 1. The van der Waals surface area contributed by atoms with E-state index in [9.17, 15) is 21.4 Å². The van der Waals surface area contributed by atoms with Gasteiger partial charge in [0.15, 0.2) is 0 Å². The fourth-order valence-corrected chi connectivity index (χ4v) is 4.96. The third-order valence-electron chi connectivity index (χ3n) is 3.55. The Kier molecular flexibility index (Phi) is 6.66. The number of thiazole rings is 1. The van der Waals surface area contributed by atoms with E-state index in [0.29, 0.717) is 0 Å². The standard InChI is InChI=1S/C9H9NO3S3.C7H8O3S/c1-10-7-5-6(16(11,12)13)3-4-8(7)15-9(10)14-2;1-6-2-4-7(5-3-6)11(8,9)10/h3-5H,1-2H3;2-5H,1H3,(H,8,9,10). The van der Waals surface area contributed by atoms with Gasteiger partial charge in [-0.1, -0.05) is 29.0 Å². The van der Waals surface area contributed by atoms with Crippen LogP contribution in [-0.4, -0.2) is 32.2 Å². The second-order valence-corrected chi connectivity index (χ2v) is 10.4. The first-order valence-corrected chi connectivity index (χ1v) is 12.3. The van der Waals surface area contributed by atoms with Gasteiger partial charge in [0, 0.05) is 6.07 Å². The van der Waals surface area contributed by atoms with Gasteiger partial charge in [0.2, 0.25) is 5.52 Å². The van der Waals surface area contributed by atoms with Crippen LogP contribution in [0.5, 0.6) is 0 Å². The van der Waals surface area contributed by atoms with Crippen LogP contribution >= 0.6 is 23.1 Å². The number of nitrogens with zero attached hydrogens (tertiary/aromatic N) is 1. The number of fused-ring (bicyclic) bond motifs is 1. The molecular formula is C16H17NO6S4. The topological polar surface area (TPSA) is 115 Å². The van der Waals surface area contributed by atoms with Gasteiger partial charge < -0.3 is 4.55 Å². The Balaban J connectivity index is 0.000000208. The molecule has 7 nitrogen and oxygen atoms in total. The van der Waals surface area contributed by atoms with Gasteiger partial charge in [-0.3, -0.25) is 4.55 Å². The summed E-state index contributed by atoms with van der Waals surface area (Å²) in [4.78, 5) is -0.246. The van der Waals surface area contributed by atoms with Gasteiger partial charge in [-0.2, -0.15) is 13.0 Å². The Morgan fingerprint density at radius 3 is 2.07 bits per heavy atom. The highest BCUT2D eigenvalue weighted by Crippen LogP contribution is 2.27. The van der Waals surface area contributed by atoms with Crippen LogP contribution in [-0.2, 0) is 27.3 Å². The van der Waals surface area contributed by atoms with Crippen molar-refractivity contribution in [2.75, 3.05) is 6.26 Å². The molecule has 0 radical (unpaired) electrons. The van der Waals surface area contributed by atoms with Crippen LogP contribution < -0.4 is 4.57 Å². The molecule has 11 heteroatoms. The molecule has 0 aliphatic heterocycles. The van der Waals surface area contributed by atoms with E-state index < -0.39 is 20.2 Å². The van der Waals surface area contributed by atoms with Gasteiger partial charge in [0.1, 0.15) is 26.8 Å². The monoisotopic (exact) mass is 447 g/mol. The van der Waals surface area contributed by atoms with Crippen LogP contribution in [0.25, 0.3) is 10.2 Å². The van der Waals surface area contributed by atoms with Crippen LogP contribution in [0.3, 0.4) is 0 Å². The average molecular weight is 448 g/mol. The first kappa shape index (κ1) is 21.8. The van der Waals surface area contributed by atoms with Gasteiger partial charge in [0.05, 0.1) is 4.90 Å². The van der Waals surface area contributed by atoms with E-state index in [1.165, 1.54) is 24.3 Å². The van der Waals surface area contributed by atoms with E-state index in [2.05, 4.69) is 0 Å². The molecule has 0 saturated carbocycles. The van der Waals surface area contributed by atoms with Crippen LogP contribution in [0, 0.1) is 6.92 Å². The highest BCUT2D eigenvalue weighted by Gasteiger charge is 2.19. The predicted molar refractivity (Wildman–Crippen MR) is 104 cm³/mol. The number of rotatable bonds is 3. The lowest BCUT2D eigenvalue weighted by Gasteiger charge is -2.05. The maximum absolute atomic E-state index is 11.0. The summed E-state index contributed by atoms with van der Waals surface area (Å²) in [5, 5.41) is 0. The number of benzene rings is 2. The quantitative estimate of drug-likeness (QED) is 0.373. The lowest BCUT2D eigenvalue weighted by Crippen LogP contribution is -2.28. The average Bonchev–Trinajstić information content (AvgIpc) is 2.90. The summed E-state index contributed by atoms with van der Waals surface area (Å²) in [6.07, 6.45) is 1.97. The number of hydrogen-bond donors (Lipinski definition) is 1. The summed E-state index contributed by atoms with van der Waals surface area (Å²) in [6.45, 7) is 1.82. The normalized spacial score (nSPS) is 11.9. The van der Waals surface area contributed by atoms with E-state index in [1.54, 1.807) is 41.3 Å². The third-order valence-corrected chi connectivity index (χ3v) is 7.63. The van der Waals surface area contributed by atoms with Crippen molar-refractivity contribution in [2.45, 2.75) is 21.1 Å². The highest BCUT2D eigenvalue weighted by atomic mass is 32.2. The summed E-state index contributed by atoms with van der Waals surface area (Å²) in [6, 6.07) is 10.4. The smallest absolute Gasteiger partial charge is 0.297 e. The number of aryl methyl sites for hydroxylation is 2. The second-order valence-electron chi connectivity index (χ2n) is 5.50. The maximum atomic E-state index is 11.0. The Morgan fingerprint density at radius 1 is 1.04 bits per heavy atom. The van der Waals surface area contributed by atoms with Crippen molar-refractivity contribution in [3.8, 4) is 0 Å². The minimum Gasteiger partial charge on any atom is -0.744 e. The molecule has 0 spiro atoms. The largest absolute Gasteiger partial charge is 0.744 e. The fourth-order valence-electron chi connectivity index (χ4n) is 2.15. The molecular weight excluding hydrogens is 430 g/mol. The minimum absolute atomic E-state index is 0.0685. The molecule has 1 N–H and O–H groups in total. The number of thioether (sulfide) groups is 1. The molecule has 27 heavy (non-hydrogen) atoms. The van der Waals surface area contributed by atoms with Crippen molar-refractivity contribution in [1.29, 1.82) is 0 Å². The first-order valence-electron chi connectivity index (χ1n) is 7.40. The summed E-state index contributed by atoms with van der Waals surface area (Å²) < 4.78 is 66.1. The van der Waals surface area contributed by atoms with Crippen molar-refractivity contribution in [3.63, 3.8) is 0 Å². The van der Waals surface area contributed by atoms with Crippen molar-refractivity contribution >= 4 is 53.6 Å². The Morgan fingerprint density at radius 2 is 1.59 bits per heavy atom. The summed E-state index contributed by atoms with van der Waals surface area (Å²) in [5.41, 5.74) is 1.74. The lowest BCUT2D eigenvalue weighted by atomic mass is 10.2. The molecule has 0 amide bonds. The maximum Gasteiger partial charge on any atom is 0.297 e. The Bertz CT molecular complexity index is 1170. The number of hydrogen-bond acceptors (Lipinski definition) is 7. The molecule has 0 atom stereocenters. The molecule has 3 rings (SSSR count). The SMILES string of the molecule is CSc1sc2ccc(S(=O)(=O)O)cc2[n+]1C.Cc1ccc(S(=O)(=O)[O-])cc1. The van der Waals surface area contributed by atoms with Crippen molar-refractivity contribution in [1.82, 2.24) is 0 Å². The molecule has 0 aliphatic carbocycles. The molecule has 3 aromatic rings. The van der Waals surface area contributed by atoms with Crippen molar-refractivity contribution < 1.29 is 30.5 Å². The summed E-state index contributed by atoms with van der Waals surface area (Å²) in [5.74, 6) is 0. The fraction of sp³-hybridized carbons (Fsp3) is 0.188. The van der Waals surface area contributed by atoms with Gasteiger partial charge in [-0.25, -0.2) is 8.42 Å². The van der Waals surface area contributed by atoms with E-state index in [0.717, 1.165) is 20.1 Å². The predicted octanol–water partition coefficient (Wildman–Crippen LogP) is 2.59. The zero-order valence-electron chi connectivity index (χ0n) is 14.6. The van der Waals surface area contributed by atoms with Crippen LogP contribution in [0.1, 0.15) is 5.56 Å². The van der Waals surface area contributed by atoms with E-state index >= 15 is 0 Å². The summed E-state index contributed by atoms with van der Waals surface area (Å²) >= 11 is 3.20. The van der Waals surface area contributed by atoms with Crippen LogP contribution in [0.15, 0.2) is 56.6 Å². The zero-order valence-corrected chi connectivity index (χ0v) is 17.9. The van der Waals surface area contributed by atoms with Gasteiger partial charge in [0.25, 0.3) is 14.5 Å². The molecule has 146 valence electrons. The molecule has 0 unspecified atom stereocenters. The Labute approximate surface area is 166 Å². The minimum atomic E-state index is -4.27. The van der Waals surface area contributed by atoms with E-state index in [-0.39, 0.29) is 9.79 Å². The molecule has 0 aliphatic rings. The second kappa shape index (κ2) is 8.25. The van der Waals surface area contributed by atoms with Crippen LogP contribution in [0.2, 0.25) is 0 Å². The highest BCUT2D eigenvalue weighted by molar-refractivity contribution is 8.00. The molecule has 1 heterocycles. The molecule has 0 bridgehead atoms. The third kappa shape index (κ3) is 5.50. The van der Waals surface area contributed by atoms with E-state index in [1.807, 2.05) is 24.8 Å². The molecule has 1 aromatic heterocycles. The van der Waals surface area contributed by atoms with Gasteiger partial charge in [-0.15, -0.1) is 0 Å². The zero-order chi connectivity index (χ0) is 20.4. The van der Waals surface area contributed by atoms with Crippen molar-refractivity contribution in [2.24, 2.45) is 7.05 Å². The molecule has 0 fully saturated rings.